The number of alkyl halides is 3. The highest BCUT2D eigenvalue weighted by Gasteiger charge is 2.42. The number of carboxylic acids is 1. The van der Waals surface area contributed by atoms with Crippen molar-refractivity contribution in [2.75, 3.05) is 0 Å². The minimum Gasteiger partial charge on any atom is -0.478 e. The fourth-order valence-electron chi connectivity index (χ4n) is 2.95. The fourth-order valence-corrected chi connectivity index (χ4v) is 2.95. The molecule has 7 nitrogen and oxygen atoms in total. The fraction of sp³-hybridized carbons (Fsp3) is 0.190. The van der Waals surface area contributed by atoms with Crippen molar-refractivity contribution in [1.82, 2.24) is 15.1 Å². The molecule has 2 N–H and O–H groups in total. The molecule has 2 aromatic carbocycles. The number of nitrogens with zero attached hydrogens (tertiary/aromatic N) is 2. The highest BCUT2D eigenvalue weighted by molar-refractivity contribution is 5.98. The third-order valence-corrected chi connectivity index (χ3v) is 4.60. The molecule has 0 aliphatic carbocycles. The van der Waals surface area contributed by atoms with E-state index in [9.17, 15) is 31.5 Å². The number of halogens is 5. The molecule has 3 aromatic rings. The average Bonchev–Trinajstić information content (AvgIpc) is 3.07. The number of benzene rings is 2. The minimum absolute atomic E-state index is 0.00823. The van der Waals surface area contributed by atoms with E-state index in [2.05, 4.69) is 10.4 Å². The lowest BCUT2D eigenvalue weighted by Gasteiger charge is -2.16. The summed E-state index contributed by atoms with van der Waals surface area (Å²) in [5.74, 6) is -5.83. The summed E-state index contributed by atoms with van der Waals surface area (Å²) in [6.45, 7) is 1.48. The van der Waals surface area contributed by atoms with Crippen molar-refractivity contribution in [3.8, 4) is 11.6 Å². The van der Waals surface area contributed by atoms with Crippen molar-refractivity contribution in [2.45, 2.75) is 19.1 Å². The van der Waals surface area contributed by atoms with E-state index < -0.39 is 52.9 Å². The van der Waals surface area contributed by atoms with Crippen LogP contribution in [0.3, 0.4) is 0 Å². The van der Waals surface area contributed by atoms with Crippen molar-refractivity contribution in [3.63, 3.8) is 0 Å². The molecule has 0 bridgehead atoms. The van der Waals surface area contributed by atoms with Gasteiger partial charge in [-0.15, -0.1) is 0 Å². The van der Waals surface area contributed by atoms with Gasteiger partial charge in [-0.05, 0) is 36.8 Å². The zero-order chi connectivity index (χ0) is 24.5. The second-order valence-corrected chi connectivity index (χ2v) is 6.95. The Morgan fingerprint density at radius 3 is 2.27 bits per heavy atom. The SMILES string of the molecule is CC(NC(=O)c1c(C(F)(F)F)nn(C)c1Oc1ccc(F)c(F)c1)c1ccc(C(=O)O)cc1. The first-order valence-corrected chi connectivity index (χ1v) is 9.29. The maximum atomic E-state index is 13.6. The van der Waals surface area contributed by atoms with Gasteiger partial charge in [0.05, 0.1) is 11.6 Å². The number of nitrogens with one attached hydrogen (secondary N) is 1. The molecule has 1 atom stereocenters. The van der Waals surface area contributed by atoms with Gasteiger partial charge in [0.25, 0.3) is 5.91 Å². The van der Waals surface area contributed by atoms with Gasteiger partial charge in [0, 0.05) is 13.1 Å². The van der Waals surface area contributed by atoms with E-state index >= 15 is 0 Å². The molecule has 0 radical (unpaired) electrons. The van der Waals surface area contributed by atoms with Crippen LogP contribution in [0.15, 0.2) is 42.5 Å². The van der Waals surface area contributed by atoms with Gasteiger partial charge >= 0.3 is 12.1 Å². The zero-order valence-corrected chi connectivity index (χ0v) is 17.1. The molecular formula is C21H16F5N3O4. The van der Waals surface area contributed by atoms with Crippen molar-refractivity contribution < 1.29 is 41.4 Å². The Labute approximate surface area is 183 Å². The van der Waals surface area contributed by atoms with Gasteiger partial charge < -0.3 is 15.2 Å². The second kappa shape index (κ2) is 8.88. The summed E-state index contributed by atoms with van der Waals surface area (Å²) in [6, 6.07) is 6.86. The number of aryl methyl sites for hydroxylation is 1. The number of hydrogen-bond acceptors (Lipinski definition) is 4. The second-order valence-electron chi connectivity index (χ2n) is 6.95. The molecular weight excluding hydrogens is 453 g/mol. The van der Waals surface area contributed by atoms with Crippen LogP contribution in [0.25, 0.3) is 0 Å². The van der Waals surface area contributed by atoms with Gasteiger partial charge in [-0.25, -0.2) is 18.3 Å². The van der Waals surface area contributed by atoms with Crippen LogP contribution in [0.1, 0.15) is 44.9 Å². The maximum Gasteiger partial charge on any atom is 0.436 e. The predicted octanol–water partition coefficient (Wildman–Crippen LogP) is 4.70. The van der Waals surface area contributed by atoms with Crippen LogP contribution in [0, 0.1) is 11.6 Å². The molecule has 174 valence electrons. The predicted molar refractivity (Wildman–Crippen MR) is 104 cm³/mol. The van der Waals surface area contributed by atoms with Crippen LogP contribution in [-0.2, 0) is 13.2 Å². The molecule has 1 aromatic heterocycles. The van der Waals surface area contributed by atoms with Gasteiger partial charge in [0.1, 0.15) is 11.3 Å². The number of carboxylic acid groups (broad SMARTS) is 1. The summed E-state index contributed by atoms with van der Waals surface area (Å²) in [5.41, 5.74) is -2.07. The van der Waals surface area contributed by atoms with Crippen molar-refractivity contribution in [3.05, 3.63) is 76.5 Å². The zero-order valence-electron chi connectivity index (χ0n) is 17.1. The lowest BCUT2D eigenvalue weighted by molar-refractivity contribution is -0.141. The Balaban J connectivity index is 1.96. The number of carbonyl (C=O) groups is 2. The molecule has 0 spiro atoms. The number of hydrogen-bond donors (Lipinski definition) is 2. The van der Waals surface area contributed by atoms with Gasteiger partial charge in [0.15, 0.2) is 17.3 Å². The summed E-state index contributed by atoms with van der Waals surface area (Å²) in [7, 11) is 1.09. The number of aromatic carboxylic acids is 1. The first-order chi connectivity index (χ1) is 15.4. The number of rotatable bonds is 6. The van der Waals surface area contributed by atoms with E-state index in [1.807, 2.05) is 0 Å². The third-order valence-electron chi connectivity index (χ3n) is 4.60. The van der Waals surface area contributed by atoms with E-state index in [1.165, 1.54) is 31.2 Å². The van der Waals surface area contributed by atoms with Crippen LogP contribution in [0.2, 0.25) is 0 Å². The number of carbonyl (C=O) groups excluding carboxylic acids is 1. The first-order valence-electron chi connectivity index (χ1n) is 9.29. The third kappa shape index (κ3) is 5.10. The van der Waals surface area contributed by atoms with Crippen molar-refractivity contribution in [1.29, 1.82) is 0 Å². The Kier molecular flexibility index (Phi) is 6.38. The van der Waals surface area contributed by atoms with E-state index in [0.29, 0.717) is 22.4 Å². The lowest BCUT2D eigenvalue weighted by atomic mass is 10.1. The van der Waals surface area contributed by atoms with Crippen LogP contribution in [0.5, 0.6) is 11.6 Å². The monoisotopic (exact) mass is 469 g/mol. The molecule has 1 heterocycles. The summed E-state index contributed by atoms with van der Waals surface area (Å²) in [5, 5.41) is 14.7. The quantitative estimate of drug-likeness (QED) is 0.511. The maximum absolute atomic E-state index is 13.6. The molecule has 0 saturated heterocycles. The highest BCUT2D eigenvalue weighted by atomic mass is 19.4. The molecule has 0 aliphatic rings. The molecule has 0 fully saturated rings. The smallest absolute Gasteiger partial charge is 0.436 e. The molecule has 1 unspecified atom stereocenters. The van der Waals surface area contributed by atoms with Gasteiger partial charge in [-0.1, -0.05) is 12.1 Å². The van der Waals surface area contributed by atoms with Gasteiger partial charge in [0.2, 0.25) is 5.88 Å². The van der Waals surface area contributed by atoms with Crippen LogP contribution < -0.4 is 10.1 Å². The Morgan fingerprint density at radius 1 is 1.09 bits per heavy atom. The molecule has 33 heavy (non-hydrogen) atoms. The van der Waals surface area contributed by atoms with E-state index in [-0.39, 0.29) is 11.3 Å². The van der Waals surface area contributed by atoms with E-state index in [4.69, 9.17) is 9.84 Å². The van der Waals surface area contributed by atoms with Gasteiger partial charge in [-0.3, -0.25) is 4.79 Å². The number of amides is 1. The summed E-state index contributed by atoms with van der Waals surface area (Å²) in [6.07, 6.45) is -5.02. The van der Waals surface area contributed by atoms with Gasteiger partial charge in [-0.2, -0.15) is 18.3 Å². The Hall–Kier alpha value is -3.96. The Bertz CT molecular complexity index is 1210. The standard InChI is InChI=1S/C21H16F5N3O4/c1-10(11-3-5-12(6-4-11)20(31)32)27-18(30)16-17(21(24,25)26)28-29(2)19(16)33-13-7-8-14(22)15(23)9-13/h3-10H,1-2H3,(H,27,30)(H,31,32). The Morgan fingerprint density at radius 2 is 1.73 bits per heavy atom. The van der Waals surface area contributed by atoms with Crippen LogP contribution in [-0.4, -0.2) is 26.8 Å². The van der Waals surface area contributed by atoms with Crippen molar-refractivity contribution in [2.24, 2.45) is 7.05 Å². The first kappa shape index (κ1) is 23.7. The van der Waals surface area contributed by atoms with E-state index in [0.717, 1.165) is 13.1 Å². The molecule has 12 heteroatoms. The summed E-state index contributed by atoms with van der Waals surface area (Å²) in [4.78, 5) is 23.8. The molecule has 0 saturated carbocycles. The normalized spacial score (nSPS) is 12.3. The van der Waals surface area contributed by atoms with E-state index in [1.54, 1.807) is 0 Å². The number of aromatic nitrogens is 2. The minimum atomic E-state index is -5.02. The molecule has 3 rings (SSSR count). The summed E-state index contributed by atoms with van der Waals surface area (Å²) >= 11 is 0. The molecule has 0 aliphatic heterocycles. The average molecular weight is 469 g/mol. The largest absolute Gasteiger partial charge is 0.478 e. The molecule has 1 amide bonds. The van der Waals surface area contributed by atoms with Crippen LogP contribution >= 0.6 is 0 Å². The number of ether oxygens (including phenoxy) is 1. The topological polar surface area (TPSA) is 93.5 Å². The highest BCUT2D eigenvalue weighted by Crippen LogP contribution is 2.37. The lowest BCUT2D eigenvalue weighted by Crippen LogP contribution is -2.28. The summed E-state index contributed by atoms with van der Waals surface area (Å²) < 4.78 is 73.3. The van der Waals surface area contributed by atoms with Crippen molar-refractivity contribution >= 4 is 11.9 Å². The van der Waals surface area contributed by atoms with Crippen LogP contribution in [0.4, 0.5) is 22.0 Å².